The molecule has 0 aliphatic rings. The molecule has 1 aromatic heterocycles. The van der Waals surface area contributed by atoms with Gasteiger partial charge in [-0.3, -0.25) is 10.1 Å². The summed E-state index contributed by atoms with van der Waals surface area (Å²) in [4.78, 5) is 28.8. The lowest BCUT2D eigenvalue weighted by atomic mass is 10.1. The number of aliphatic hydroxyl groups excluding tert-OH is 1. The predicted octanol–water partition coefficient (Wildman–Crippen LogP) is 3.98. The number of amides is 1. The Labute approximate surface area is 173 Å². The minimum atomic E-state index is -1.44. The smallest absolute Gasteiger partial charge is 0.340 e. The second kappa shape index (κ2) is 9.45. The van der Waals surface area contributed by atoms with Crippen molar-refractivity contribution in [2.45, 2.75) is 32.5 Å². The topological polar surface area (TPSA) is 88.5 Å². The molecule has 0 saturated heterocycles. The molecule has 150 valence electrons. The SMILES string of the molecule is CCc1ccc(-c2csc(NC(=O)[C@H](C)OC(=O)[C@@H](O)c3ccccc3)n2)cc1. The molecule has 0 bridgehead atoms. The number of hydrogen-bond acceptors (Lipinski definition) is 6. The Balaban J connectivity index is 1.58. The zero-order chi connectivity index (χ0) is 20.8. The van der Waals surface area contributed by atoms with Crippen molar-refractivity contribution in [3.8, 4) is 11.3 Å². The van der Waals surface area contributed by atoms with Crippen molar-refractivity contribution in [2.75, 3.05) is 5.32 Å². The number of aliphatic hydroxyl groups is 1. The van der Waals surface area contributed by atoms with Crippen molar-refractivity contribution in [1.82, 2.24) is 4.98 Å². The lowest BCUT2D eigenvalue weighted by Crippen LogP contribution is -2.31. The van der Waals surface area contributed by atoms with Crippen molar-refractivity contribution in [3.63, 3.8) is 0 Å². The Hall–Kier alpha value is -3.03. The van der Waals surface area contributed by atoms with Gasteiger partial charge in [-0.15, -0.1) is 11.3 Å². The Morgan fingerprint density at radius 2 is 1.83 bits per heavy atom. The summed E-state index contributed by atoms with van der Waals surface area (Å²) < 4.78 is 5.09. The fourth-order valence-corrected chi connectivity index (χ4v) is 3.37. The van der Waals surface area contributed by atoms with E-state index in [1.807, 2.05) is 29.6 Å². The van der Waals surface area contributed by atoms with Gasteiger partial charge in [0.05, 0.1) is 5.69 Å². The van der Waals surface area contributed by atoms with E-state index >= 15 is 0 Å². The molecule has 3 aromatic rings. The first-order chi connectivity index (χ1) is 14.0. The summed E-state index contributed by atoms with van der Waals surface area (Å²) in [6.45, 7) is 3.54. The number of nitrogens with zero attached hydrogens (tertiary/aromatic N) is 1. The molecular formula is C22H22N2O4S. The third-order valence-corrected chi connectivity index (χ3v) is 5.15. The van der Waals surface area contributed by atoms with Crippen molar-refractivity contribution in [2.24, 2.45) is 0 Å². The first kappa shape index (κ1) is 20.7. The molecule has 0 fully saturated rings. The number of hydrogen-bond donors (Lipinski definition) is 2. The second-order valence-corrected chi connectivity index (χ2v) is 7.33. The molecule has 0 unspecified atom stereocenters. The van der Waals surface area contributed by atoms with E-state index in [4.69, 9.17) is 4.74 Å². The maximum Gasteiger partial charge on any atom is 0.340 e. The van der Waals surface area contributed by atoms with Gasteiger partial charge in [-0.25, -0.2) is 9.78 Å². The van der Waals surface area contributed by atoms with Gasteiger partial charge in [-0.05, 0) is 24.5 Å². The normalized spacial score (nSPS) is 12.8. The molecule has 7 heteroatoms. The Morgan fingerprint density at radius 1 is 1.14 bits per heavy atom. The first-order valence-electron chi connectivity index (χ1n) is 9.27. The highest BCUT2D eigenvalue weighted by Crippen LogP contribution is 2.25. The van der Waals surface area contributed by atoms with Crippen LogP contribution in [0.5, 0.6) is 0 Å². The van der Waals surface area contributed by atoms with Gasteiger partial charge in [0, 0.05) is 10.9 Å². The number of carbonyl (C=O) groups is 2. The van der Waals surface area contributed by atoms with Crippen LogP contribution in [0.25, 0.3) is 11.3 Å². The molecule has 0 aliphatic carbocycles. The fourth-order valence-electron chi connectivity index (χ4n) is 2.65. The van der Waals surface area contributed by atoms with Crippen LogP contribution in [0.1, 0.15) is 31.1 Å². The quantitative estimate of drug-likeness (QED) is 0.575. The van der Waals surface area contributed by atoms with Crippen LogP contribution in [-0.4, -0.2) is 28.1 Å². The number of thiazole rings is 1. The standard InChI is InChI=1S/C22H22N2O4S/c1-3-15-9-11-16(12-10-15)18-13-29-22(23-18)24-20(26)14(2)28-21(27)19(25)17-7-5-4-6-8-17/h4-14,19,25H,3H2,1-2H3,(H,23,24,26)/t14-,19-/m0/s1. The Bertz CT molecular complexity index is 970. The van der Waals surface area contributed by atoms with Crippen LogP contribution in [-0.2, 0) is 20.7 Å². The maximum absolute atomic E-state index is 12.3. The number of rotatable bonds is 7. The average molecular weight is 410 g/mol. The van der Waals surface area contributed by atoms with Crippen LogP contribution >= 0.6 is 11.3 Å². The van der Waals surface area contributed by atoms with E-state index in [0.717, 1.165) is 17.7 Å². The van der Waals surface area contributed by atoms with Gasteiger partial charge in [0.15, 0.2) is 17.3 Å². The minimum absolute atomic E-state index is 0.406. The molecule has 6 nitrogen and oxygen atoms in total. The van der Waals surface area contributed by atoms with Gasteiger partial charge < -0.3 is 9.84 Å². The highest BCUT2D eigenvalue weighted by Gasteiger charge is 2.25. The van der Waals surface area contributed by atoms with E-state index in [1.165, 1.54) is 23.8 Å². The molecule has 2 N–H and O–H groups in total. The number of benzene rings is 2. The van der Waals surface area contributed by atoms with Crippen molar-refractivity contribution >= 4 is 28.3 Å². The van der Waals surface area contributed by atoms with E-state index in [9.17, 15) is 14.7 Å². The lowest BCUT2D eigenvalue weighted by molar-refractivity contribution is -0.162. The highest BCUT2D eigenvalue weighted by atomic mass is 32.1. The fraction of sp³-hybridized carbons (Fsp3) is 0.227. The van der Waals surface area contributed by atoms with Gasteiger partial charge >= 0.3 is 5.97 Å². The van der Waals surface area contributed by atoms with E-state index in [-0.39, 0.29) is 0 Å². The largest absolute Gasteiger partial charge is 0.450 e. The number of ether oxygens (including phenoxy) is 1. The minimum Gasteiger partial charge on any atom is -0.450 e. The summed E-state index contributed by atoms with van der Waals surface area (Å²) in [6, 6.07) is 16.5. The van der Waals surface area contributed by atoms with Crippen molar-refractivity contribution < 1.29 is 19.4 Å². The monoisotopic (exact) mass is 410 g/mol. The van der Waals surface area contributed by atoms with E-state index < -0.39 is 24.1 Å². The number of aromatic nitrogens is 1. The number of esters is 1. The molecule has 0 saturated carbocycles. The molecule has 3 rings (SSSR count). The van der Waals surface area contributed by atoms with Gasteiger partial charge in [-0.2, -0.15) is 0 Å². The lowest BCUT2D eigenvalue weighted by Gasteiger charge is -2.15. The Kier molecular flexibility index (Phi) is 6.74. The summed E-state index contributed by atoms with van der Waals surface area (Å²) in [7, 11) is 0. The highest BCUT2D eigenvalue weighted by molar-refractivity contribution is 7.14. The molecule has 0 aliphatic heterocycles. The Morgan fingerprint density at radius 3 is 2.48 bits per heavy atom. The van der Waals surface area contributed by atoms with Crippen LogP contribution < -0.4 is 5.32 Å². The van der Waals surface area contributed by atoms with E-state index in [2.05, 4.69) is 17.2 Å². The molecule has 2 aromatic carbocycles. The molecule has 1 heterocycles. The average Bonchev–Trinajstić information content (AvgIpc) is 3.22. The third kappa shape index (κ3) is 5.28. The van der Waals surface area contributed by atoms with Crippen LogP contribution in [0.3, 0.4) is 0 Å². The number of anilines is 1. The second-order valence-electron chi connectivity index (χ2n) is 6.47. The molecule has 2 atom stereocenters. The summed E-state index contributed by atoms with van der Waals surface area (Å²) in [5.41, 5.74) is 3.37. The van der Waals surface area contributed by atoms with E-state index in [0.29, 0.717) is 10.7 Å². The van der Waals surface area contributed by atoms with Crippen LogP contribution in [0.15, 0.2) is 60.0 Å². The summed E-state index contributed by atoms with van der Waals surface area (Å²) in [5, 5.41) is 15.0. The zero-order valence-electron chi connectivity index (χ0n) is 16.2. The summed E-state index contributed by atoms with van der Waals surface area (Å²) in [6.07, 6.45) is -1.55. The predicted molar refractivity (Wildman–Crippen MR) is 113 cm³/mol. The zero-order valence-corrected chi connectivity index (χ0v) is 17.0. The van der Waals surface area contributed by atoms with Crippen LogP contribution in [0.2, 0.25) is 0 Å². The van der Waals surface area contributed by atoms with Gasteiger partial charge in [0.25, 0.3) is 5.91 Å². The first-order valence-corrected chi connectivity index (χ1v) is 10.1. The number of nitrogens with one attached hydrogen (secondary N) is 1. The van der Waals surface area contributed by atoms with E-state index in [1.54, 1.807) is 30.3 Å². The van der Waals surface area contributed by atoms with Crippen LogP contribution in [0.4, 0.5) is 5.13 Å². The summed E-state index contributed by atoms with van der Waals surface area (Å²) in [5.74, 6) is -1.39. The van der Waals surface area contributed by atoms with Gasteiger partial charge in [0.2, 0.25) is 0 Å². The van der Waals surface area contributed by atoms with Crippen LogP contribution in [0, 0.1) is 0 Å². The molecular weight excluding hydrogens is 388 g/mol. The van der Waals surface area contributed by atoms with Gasteiger partial charge in [0.1, 0.15) is 0 Å². The molecule has 0 spiro atoms. The van der Waals surface area contributed by atoms with Gasteiger partial charge in [-0.1, -0.05) is 61.5 Å². The number of carbonyl (C=O) groups excluding carboxylic acids is 2. The molecule has 1 amide bonds. The molecule has 29 heavy (non-hydrogen) atoms. The molecule has 0 radical (unpaired) electrons. The van der Waals surface area contributed by atoms with Crippen molar-refractivity contribution in [3.05, 3.63) is 71.1 Å². The summed E-state index contributed by atoms with van der Waals surface area (Å²) >= 11 is 1.29. The van der Waals surface area contributed by atoms with Crippen molar-refractivity contribution in [1.29, 1.82) is 0 Å². The maximum atomic E-state index is 12.3. The number of aryl methyl sites for hydroxylation is 1. The third-order valence-electron chi connectivity index (χ3n) is 4.39.